The summed E-state index contributed by atoms with van der Waals surface area (Å²) in [5, 5.41) is 9.37. The number of rotatable bonds is 4. The highest BCUT2D eigenvalue weighted by molar-refractivity contribution is 5.93. The highest BCUT2D eigenvalue weighted by Gasteiger charge is 2.25. The van der Waals surface area contributed by atoms with Gasteiger partial charge in [-0.15, -0.1) is 0 Å². The van der Waals surface area contributed by atoms with Gasteiger partial charge in [0.25, 0.3) is 0 Å². The van der Waals surface area contributed by atoms with Crippen LogP contribution in [-0.4, -0.2) is 42.8 Å². The average Bonchev–Trinajstić information content (AvgIpc) is 3.10. The molecule has 0 spiro atoms. The molecule has 1 aliphatic rings. The molecule has 0 bridgehead atoms. The molecule has 2 aromatic carbocycles. The maximum atomic E-state index is 11.4. The number of amides is 1. The minimum Gasteiger partial charge on any atom is -0.465 e. The van der Waals surface area contributed by atoms with Crippen LogP contribution in [0.2, 0.25) is 0 Å². The molecule has 4 heteroatoms. The van der Waals surface area contributed by atoms with Gasteiger partial charge in [0.15, 0.2) is 0 Å². The lowest BCUT2D eigenvalue weighted by atomic mass is 9.89. The number of benzene rings is 2. The van der Waals surface area contributed by atoms with Crippen molar-refractivity contribution in [2.75, 3.05) is 31.6 Å². The molecular weight excluding hydrogens is 300 g/mol. The number of para-hydroxylation sites is 1. The molecule has 1 amide bonds. The Morgan fingerprint density at radius 3 is 2.50 bits per heavy atom. The molecule has 4 nitrogen and oxygen atoms in total. The summed E-state index contributed by atoms with van der Waals surface area (Å²) in [6, 6.07) is 16.1. The van der Waals surface area contributed by atoms with E-state index in [0.717, 1.165) is 42.9 Å². The molecule has 24 heavy (non-hydrogen) atoms. The quantitative estimate of drug-likeness (QED) is 0.913. The number of hydrogen-bond acceptors (Lipinski definition) is 2. The molecule has 3 rings (SSSR count). The van der Waals surface area contributed by atoms with Crippen molar-refractivity contribution in [3.8, 4) is 11.1 Å². The molecule has 1 fully saturated rings. The largest absolute Gasteiger partial charge is 0.465 e. The van der Waals surface area contributed by atoms with E-state index in [4.69, 9.17) is 0 Å². The van der Waals surface area contributed by atoms with Crippen LogP contribution in [0.15, 0.2) is 48.5 Å². The summed E-state index contributed by atoms with van der Waals surface area (Å²) in [5.74, 6) is 0.504. The van der Waals surface area contributed by atoms with Gasteiger partial charge in [-0.2, -0.15) is 0 Å². The number of anilines is 1. The first-order valence-electron chi connectivity index (χ1n) is 8.49. The van der Waals surface area contributed by atoms with Crippen LogP contribution in [-0.2, 0) is 0 Å². The Kier molecular flexibility index (Phi) is 4.86. The minimum absolute atomic E-state index is 0.504. The predicted octanol–water partition coefficient (Wildman–Crippen LogP) is 4.28. The van der Waals surface area contributed by atoms with Gasteiger partial charge in [-0.25, -0.2) is 4.79 Å². The van der Waals surface area contributed by atoms with Crippen molar-refractivity contribution in [2.24, 2.45) is 0 Å². The van der Waals surface area contributed by atoms with Crippen molar-refractivity contribution in [1.29, 1.82) is 0 Å². The van der Waals surface area contributed by atoms with Crippen molar-refractivity contribution >= 4 is 11.8 Å². The van der Waals surface area contributed by atoms with Gasteiger partial charge in [0.05, 0.1) is 5.69 Å². The molecule has 1 atom stereocenters. The number of nitrogens with zero attached hydrogens (tertiary/aromatic N) is 2. The third-order valence-corrected chi connectivity index (χ3v) is 4.96. The summed E-state index contributed by atoms with van der Waals surface area (Å²) in [6.07, 6.45) is 0.208. The molecule has 126 valence electrons. The first kappa shape index (κ1) is 16.5. The topological polar surface area (TPSA) is 43.8 Å². The highest BCUT2D eigenvalue weighted by atomic mass is 16.4. The summed E-state index contributed by atoms with van der Waals surface area (Å²) in [7, 11) is 1.60. The first-order chi connectivity index (χ1) is 11.6. The van der Waals surface area contributed by atoms with Gasteiger partial charge in [-0.05, 0) is 42.6 Å². The van der Waals surface area contributed by atoms with E-state index in [-0.39, 0.29) is 0 Å². The van der Waals surface area contributed by atoms with Crippen LogP contribution in [0.1, 0.15) is 24.8 Å². The lowest BCUT2D eigenvalue weighted by Crippen LogP contribution is -2.24. The molecule has 1 heterocycles. The van der Waals surface area contributed by atoms with Crippen molar-refractivity contribution < 1.29 is 9.90 Å². The zero-order chi connectivity index (χ0) is 17.1. The third-order valence-electron chi connectivity index (χ3n) is 4.96. The van der Waals surface area contributed by atoms with E-state index in [1.54, 1.807) is 7.05 Å². The minimum atomic E-state index is -0.946. The maximum absolute atomic E-state index is 11.4. The Morgan fingerprint density at radius 1 is 1.17 bits per heavy atom. The second-order valence-corrected chi connectivity index (χ2v) is 6.32. The number of carboxylic acid groups (broad SMARTS) is 1. The molecular formula is C20H24N2O2. The summed E-state index contributed by atoms with van der Waals surface area (Å²) in [6.45, 7) is 5.49. The fourth-order valence-corrected chi connectivity index (χ4v) is 3.57. The van der Waals surface area contributed by atoms with Crippen LogP contribution in [0.25, 0.3) is 11.1 Å². The second kappa shape index (κ2) is 7.05. The Labute approximate surface area is 143 Å². The van der Waals surface area contributed by atoms with Gasteiger partial charge < -0.3 is 10.0 Å². The molecule has 1 N–H and O–H groups in total. The average molecular weight is 324 g/mol. The summed E-state index contributed by atoms with van der Waals surface area (Å²) >= 11 is 0. The van der Waals surface area contributed by atoms with E-state index < -0.39 is 6.09 Å². The molecule has 0 radical (unpaired) electrons. The Balaban J connectivity index is 2.04. The van der Waals surface area contributed by atoms with Crippen LogP contribution in [0.4, 0.5) is 10.5 Å². The summed E-state index contributed by atoms with van der Waals surface area (Å²) in [5.41, 5.74) is 4.17. The second-order valence-electron chi connectivity index (χ2n) is 6.32. The van der Waals surface area contributed by atoms with Gasteiger partial charge >= 0.3 is 6.09 Å². The number of carbonyl (C=O) groups is 1. The fraction of sp³-hybridized carbons (Fsp3) is 0.350. The maximum Gasteiger partial charge on any atom is 0.411 e. The van der Waals surface area contributed by atoms with Gasteiger partial charge in [0, 0.05) is 19.2 Å². The fourth-order valence-electron chi connectivity index (χ4n) is 3.57. The zero-order valence-electron chi connectivity index (χ0n) is 14.3. The molecule has 0 aromatic heterocycles. The van der Waals surface area contributed by atoms with E-state index >= 15 is 0 Å². The Morgan fingerprint density at radius 2 is 1.83 bits per heavy atom. The zero-order valence-corrected chi connectivity index (χ0v) is 14.3. The van der Waals surface area contributed by atoms with Crippen LogP contribution in [0.3, 0.4) is 0 Å². The molecule has 2 aromatic rings. The van der Waals surface area contributed by atoms with E-state index in [1.807, 2.05) is 30.3 Å². The van der Waals surface area contributed by atoms with Crippen LogP contribution < -0.4 is 4.90 Å². The van der Waals surface area contributed by atoms with Crippen molar-refractivity contribution in [3.63, 3.8) is 0 Å². The summed E-state index contributed by atoms with van der Waals surface area (Å²) in [4.78, 5) is 15.2. The molecule has 0 saturated carbocycles. The van der Waals surface area contributed by atoms with Crippen molar-refractivity contribution in [2.45, 2.75) is 19.3 Å². The smallest absolute Gasteiger partial charge is 0.411 e. The van der Waals surface area contributed by atoms with Crippen LogP contribution in [0, 0.1) is 0 Å². The van der Waals surface area contributed by atoms with Crippen LogP contribution in [0.5, 0.6) is 0 Å². The predicted molar refractivity (Wildman–Crippen MR) is 97.8 cm³/mol. The number of hydrogen-bond donors (Lipinski definition) is 1. The van der Waals surface area contributed by atoms with E-state index in [2.05, 4.69) is 30.0 Å². The third kappa shape index (κ3) is 3.15. The molecule has 1 saturated heterocycles. The highest BCUT2D eigenvalue weighted by Crippen LogP contribution is 2.38. The van der Waals surface area contributed by atoms with E-state index in [1.165, 1.54) is 10.5 Å². The monoisotopic (exact) mass is 324 g/mol. The van der Waals surface area contributed by atoms with Gasteiger partial charge in [-0.3, -0.25) is 4.90 Å². The lowest BCUT2D eigenvalue weighted by molar-refractivity contribution is 0.203. The molecule has 0 aliphatic carbocycles. The summed E-state index contributed by atoms with van der Waals surface area (Å²) < 4.78 is 0. The normalized spacial score (nSPS) is 17.8. The van der Waals surface area contributed by atoms with Gasteiger partial charge in [0.2, 0.25) is 0 Å². The van der Waals surface area contributed by atoms with E-state index in [0.29, 0.717) is 5.92 Å². The van der Waals surface area contributed by atoms with Crippen LogP contribution >= 0.6 is 0 Å². The van der Waals surface area contributed by atoms with Gasteiger partial charge in [0.1, 0.15) is 0 Å². The molecule has 1 aliphatic heterocycles. The van der Waals surface area contributed by atoms with E-state index in [9.17, 15) is 9.90 Å². The van der Waals surface area contributed by atoms with Crippen molar-refractivity contribution in [1.82, 2.24) is 4.90 Å². The SMILES string of the molecule is CCN1CC[C@@H](c2ccccc2-c2ccccc2N(C)C(=O)O)C1. The molecule has 0 unspecified atom stereocenters. The first-order valence-corrected chi connectivity index (χ1v) is 8.49. The van der Waals surface area contributed by atoms with Gasteiger partial charge in [-0.1, -0.05) is 49.4 Å². The lowest BCUT2D eigenvalue weighted by Gasteiger charge is -2.21. The Hall–Kier alpha value is -2.33. The Bertz CT molecular complexity index is 729. The van der Waals surface area contributed by atoms with Crippen molar-refractivity contribution in [3.05, 3.63) is 54.1 Å². The number of likely N-dealkylation sites (tertiary alicyclic amines) is 1. The standard InChI is InChI=1S/C20H24N2O2/c1-3-22-13-12-15(14-22)16-8-4-5-9-17(16)18-10-6-7-11-19(18)21(2)20(23)24/h4-11,15H,3,12-14H2,1-2H3,(H,23,24)/t15-/m1/s1. The number of likely N-dealkylation sites (N-methyl/N-ethyl adjacent to an activating group) is 1.